The Morgan fingerprint density at radius 2 is 1.87 bits per heavy atom. The van der Waals surface area contributed by atoms with Crippen LogP contribution in [0.4, 0.5) is 0 Å². The first kappa shape index (κ1) is 9.47. The molecule has 1 aliphatic heterocycles. The van der Waals surface area contributed by atoms with Gasteiger partial charge in [-0.25, -0.2) is 10.4 Å². The Balaban J connectivity index is 2.68. The molecule has 0 spiro atoms. The van der Waals surface area contributed by atoms with Crippen LogP contribution in [0.2, 0.25) is 0 Å². The summed E-state index contributed by atoms with van der Waals surface area (Å²) in [5, 5.41) is 19.4. The van der Waals surface area contributed by atoms with Crippen molar-refractivity contribution < 1.29 is 19.8 Å². The third kappa shape index (κ3) is 1.08. The molecule has 0 radical (unpaired) electrons. The summed E-state index contributed by atoms with van der Waals surface area (Å²) in [6.45, 7) is 0. The van der Waals surface area contributed by atoms with E-state index in [4.69, 9.17) is 0 Å². The van der Waals surface area contributed by atoms with Crippen LogP contribution in [-0.4, -0.2) is 34.1 Å². The first-order valence-corrected chi connectivity index (χ1v) is 4.19. The summed E-state index contributed by atoms with van der Waals surface area (Å²) >= 11 is 0. The highest BCUT2D eigenvalue weighted by molar-refractivity contribution is 6.22. The van der Waals surface area contributed by atoms with E-state index in [1.54, 1.807) is 0 Å². The first-order valence-electron chi connectivity index (χ1n) is 4.19. The van der Waals surface area contributed by atoms with Gasteiger partial charge in [0.25, 0.3) is 11.8 Å². The van der Waals surface area contributed by atoms with Crippen molar-refractivity contribution >= 4 is 11.8 Å². The molecule has 1 aliphatic rings. The molecule has 1 aromatic rings. The van der Waals surface area contributed by atoms with Gasteiger partial charge in [-0.2, -0.15) is 0 Å². The molecule has 0 bridgehead atoms. The lowest BCUT2D eigenvalue weighted by atomic mass is 10.1. The first-order chi connectivity index (χ1) is 7.07. The number of phenols is 2. The zero-order chi connectivity index (χ0) is 11.2. The SMILES string of the molecule is CNN1C(=O)c2ccc(O)c(O)c2C1=O. The summed E-state index contributed by atoms with van der Waals surface area (Å²) in [5.74, 6) is -2.21. The van der Waals surface area contributed by atoms with Crippen molar-refractivity contribution in [3.05, 3.63) is 23.3 Å². The molecule has 6 nitrogen and oxygen atoms in total. The quantitative estimate of drug-likeness (QED) is 0.440. The lowest BCUT2D eigenvalue weighted by Crippen LogP contribution is -2.39. The van der Waals surface area contributed by atoms with Gasteiger partial charge in [0.1, 0.15) is 0 Å². The Labute approximate surface area is 84.7 Å². The van der Waals surface area contributed by atoms with E-state index in [0.717, 1.165) is 5.01 Å². The van der Waals surface area contributed by atoms with Crippen LogP contribution in [0, 0.1) is 0 Å². The van der Waals surface area contributed by atoms with Gasteiger partial charge in [0.15, 0.2) is 11.5 Å². The average molecular weight is 208 g/mol. The number of phenolic OH excluding ortho intramolecular Hbond substituents is 2. The second kappa shape index (κ2) is 2.96. The van der Waals surface area contributed by atoms with E-state index in [-0.39, 0.29) is 11.1 Å². The summed E-state index contributed by atoms with van der Waals surface area (Å²) < 4.78 is 0. The van der Waals surface area contributed by atoms with Crippen LogP contribution in [-0.2, 0) is 0 Å². The van der Waals surface area contributed by atoms with Crippen molar-refractivity contribution in [3.63, 3.8) is 0 Å². The maximum atomic E-state index is 11.6. The van der Waals surface area contributed by atoms with E-state index in [9.17, 15) is 19.8 Å². The van der Waals surface area contributed by atoms with E-state index in [0.29, 0.717) is 0 Å². The van der Waals surface area contributed by atoms with Crippen LogP contribution < -0.4 is 5.43 Å². The minimum absolute atomic E-state index is 0.0738. The number of benzene rings is 1. The molecule has 1 heterocycles. The predicted molar refractivity (Wildman–Crippen MR) is 49.3 cm³/mol. The number of nitrogens with one attached hydrogen (secondary N) is 1. The van der Waals surface area contributed by atoms with Crippen molar-refractivity contribution in [2.24, 2.45) is 0 Å². The topological polar surface area (TPSA) is 89.9 Å². The van der Waals surface area contributed by atoms with E-state index in [2.05, 4.69) is 5.43 Å². The number of hydrazine groups is 1. The van der Waals surface area contributed by atoms with Gasteiger partial charge in [-0.05, 0) is 12.1 Å². The number of amides is 2. The number of aromatic hydroxyl groups is 2. The molecule has 0 saturated carbocycles. The Kier molecular flexibility index (Phi) is 1.87. The van der Waals surface area contributed by atoms with Gasteiger partial charge in [0.05, 0.1) is 11.1 Å². The standard InChI is InChI=1S/C9H8N2O4/c1-10-11-8(14)4-2-3-5(12)7(13)6(4)9(11)15/h2-3,10,12-13H,1H3. The zero-order valence-corrected chi connectivity index (χ0v) is 7.81. The third-order valence-corrected chi connectivity index (χ3v) is 2.23. The van der Waals surface area contributed by atoms with Crippen molar-refractivity contribution in [1.82, 2.24) is 10.4 Å². The molecule has 2 rings (SSSR count). The Morgan fingerprint density at radius 1 is 1.20 bits per heavy atom. The minimum Gasteiger partial charge on any atom is -0.504 e. The lowest BCUT2D eigenvalue weighted by Gasteiger charge is -2.09. The van der Waals surface area contributed by atoms with Gasteiger partial charge in [-0.1, -0.05) is 0 Å². The summed E-state index contributed by atoms with van der Waals surface area (Å²) in [6.07, 6.45) is 0. The van der Waals surface area contributed by atoms with E-state index < -0.39 is 23.3 Å². The van der Waals surface area contributed by atoms with Gasteiger partial charge in [-0.3, -0.25) is 9.59 Å². The maximum absolute atomic E-state index is 11.6. The molecule has 0 unspecified atom stereocenters. The van der Waals surface area contributed by atoms with E-state index in [1.807, 2.05) is 0 Å². The number of carbonyl (C=O) groups excluding carboxylic acids is 2. The monoisotopic (exact) mass is 208 g/mol. The predicted octanol–water partition coefficient (Wildman–Crippen LogP) is -0.172. The molecule has 0 fully saturated rings. The molecule has 0 aliphatic carbocycles. The molecule has 0 saturated heterocycles. The highest BCUT2D eigenvalue weighted by atomic mass is 16.3. The van der Waals surface area contributed by atoms with Crippen molar-refractivity contribution in [3.8, 4) is 11.5 Å². The molecule has 15 heavy (non-hydrogen) atoms. The summed E-state index contributed by atoms with van der Waals surface area (Å²) in [5.41, 5.74) is 2.30. The molecule has 2 amide bonds. The van der Waals surface area contributed by atoms with E-state index in [1.165, 1.54) is 19.2 Å². The number of imide groups is 1. The minimum atomic E-state index is -0.675. The van der Waals surface area contributed by atoms with Crippen LogP contribution in [0.1, 0.15) is 20.7 Å². The average Bonchev–Trinajstić information content (AvgIpc) is 2.45. The van der Waals surface area contributed by atoms with Crippen LogP contribution in [0.25, 0.3) is 0 Å². The fourth-order valence-electron chi connectivity index (χ4n) is 1.50. The maximum Gasteiger partial charge on any atom is 0.280 e. The Bertz CT molecular complexity index is 469. The Morgan fingerprint density at radius 3 is 2.47 bits per heavy atom. The molecule has 0 atom stereocenters. The van der Waals surface area contributed by atoms with Gasteiger partial charge in [-0.15, -0.1) is 0 Å². The Hall–Kier alpha value is -2.08. The highest BCUT2D eigenvalue weighted by Crippen LogP contribution is 2.35. The fourth-order valence-corrected chi connectivity index (χ4v) is 1.50. The van der Waals surface area contributed by atoms with Crippen LogP contribution in [0.5, 0.6) is 11.5 Å². The van der Waals surface area contributed by atoms with Gasteiger partial charge >= 0.3 is 0 Å². The van der Waals surface area contributed by atoms with Crippen molar-refractivity contribution in [2.75, 3.05) is 7.05 Å². The lowest BCUT2D eigenvalue weighted by molar-refractivity contribution is 0.0585. The number of hydrogen-bond acceptors (Lipinski definition) is 5. The fraction of sp³-hybridized carbons (Fsp3) is 0.111. The van der Waals surface area contributed by atoms with Gasteiger partial charge in [0, 0.05) is 7.05 Å². The summed E-state index contributed by atoms with van der Waals surface area (Å²) in [7, 11) is 1.42. The van der Waals surface area contributed by atoms with Crippen LogP contribution in [0.3, 0.4) is 0 Å². The third-order valence-electron chi connectivity index (χ3n) is 2.23. The second-order valence-corrected chi connectivity index (χ2v) is 3.03. The molecule has 0 aromatic heterocycles. The van der Waals surface area contributed by atoms with E-state index >= 15 is 0 Å². The number of nitrogens with zero attached hydrogens (tertiary/aromatic N) is 1. The van der Waals surface area contributed by atoms with Gasteiger partial charge < -0.3 is 10.2 Å². The van der Waals surface area contributed by atoms with Crippen LogP contribution in [0.15, 0.2) is 12.1 Å². The molecule has 6 heteroatoms. The smallest absolute Gasteiger partial charge is 0.280 e. The number of hydrogen-bond donors (Lipinski definition) is 3. The largest absolute Gasteiger partial charge is 0.504 e. The second-order valence-electron chi connectivity index (χ2n) is 3.03. The van der Waals surface area contributed by atoms with Crippen molar-refractivity contribution in [2.45, 2.75) is 0 Å². The number of carbonyl (C=O) groups is 2. The molecular weight excluding hydrogens is 200 g/mol. The normalized spacial score (nSPS) is 14.6. The highest BCUT2D eigenvalue weighted by Gasteiger charge is 2.38. The van der Waals surface area contributed by atoms with Gasteiger partial charge in [0.2, 0.25) is 0 Å². The van der Waals surface area contributed by atoms with Crippen molar-refractivity contribution in [1.29, 1.82) is 0 Å². The molecule has 78 valence electrons. The summed E-state index contributed by atoms with van der Waals surface area (Å²) in [6, 6.07) is 2.46. The molecular formula is C9H8N2O4. The zero-order valence-electron chi connectivity index (χ0n) is 7.81. The molecule has 3 N–H and O–H groups in total. The number of rotatable bonds is 1. The van der Waals surface area contributed by atoms with Crippen LogP contribution >= 0.6 is 0 Å². The summed E-state index contributed by atoms with van der Waals surface area (Å²) in [4.78, 5) is 23.1. The number of fused-ring (bicyclic) bond motifs is 1. The molecule has 1 aromatic carbocycles.